The molecule has 3 aromatic rings. The summed E-state index contributed by atoms with van der Waals surface area (Å²) >= 11 is 24.8. The van der Waals surface area contributed by atoms with Gasteiger partial charge in [0, 0.05) is 21.7 Å². The lowest BCUT2D eigenvalue weighted by molar-refractivity contribution is -0.113. The summed E-state index contributed by atoms with van der Waals surface area (Å²) in [4.78, 5) is 14.8. The van der Waals surface area contributed by atoms with Crippen LogP contribution in [0.25, 0.3) is 17.4 Å². The maximum atomic E-state index is 12.8. The van der Waals surface area contributed by atoms with E-state index in [1.165, 1.54) is 16.7 Å². The second-order valence-corrected chi connectivity index (χ2v) is 8.78. The van der Waals surface area contributed by atoms with Gasteiger partial charge < -0.3 is 4.42 Å². The highest BCUT2D eigenvalue weighted by Gasteiger charge is 2.33. The van der Waals surface area contributed by atoms with Gasteiger partial charge in [-0.2, -0.15) is 0 Å². The Labute approximate surface area is 185 Å². The predicted octanol–water partition coefficient (Wildman–Crippen LogP) is 7.31. The smallest absolute Gasteiger partial charge is 0.270 e. The molecule has 0 spiro atoms. The molecule has 1 aliphatic rings. The summed E-state index contributed by atoms with van der Waals surface area (Å²) in [5, 5.41) is 1.57. The highest BCUT2D eigenvalue weighted by atomic mass is 35.5. The number of furan rings is 1. The molecule has 0 N–H and O–H groups in total. The lowest BCUT2D eigenvalue weighted by atomic mass is 10.2. The van der Waals surface area contributed by atoms with Gasteiger partial charge in [0.05, 0.1) is 15.6 Å². The van der Waals surface area contributed by atoms with Crippen LogP contribution in [-0.2, 0) is 4.79 Å². The van der Waals surface area contributed by atoms with Crippen molar-refractivity contribution in [3.63, 3.8) is 0 Å². The van der Waals surface area contributed by atoms with E-state index in [9.17, 15) is 4.79 Å². The number of rotatable bonds is 3. The fraction of sp³-hybridized carbons (Fsp3) is 0. The van der Waals surface area contributed by atoms with Crippen LogP contribution >= 0.6 is 58.8 Å². The third kappa shape index (κ3) is 3.86. The topological polar surface area (TPSA) is 33.5 Å². The second kappa shape index (κ2) is 7.93. The Morgan fingerprint density at radius 2 is 1.79 bits per heavy atom. The van der Waals surface area contributed by atoms with Crippen LogP contribution in [0.3, 0.4) is 0 Å². The summed E-state index contributed by atoms with van der Waals surface area (Å²) in [5.41, 5.74) is 1.35. The number of halogens is 3. The maximum Gasteiger partial charge on any atom is 0.270 e. The lowest BCUT2D eigenvalue weighted by Crippen LogP contribution is -2.27. The minimum Gasteiger partial charge on any atom is -0.457 e. The van der Waals surface area contributed by atoms with Crippen LogP contribution in [0.2, 0.25) is 15.1 Å². The summed E-state index contributed by atoms with van der Waals surface area (Å²) in [6.07, 6.45) is 1.66. The summed E-state index contributed by atoms with van der Waals surface area (Å²) in [5.74, 6) is 0.880. The zero-order valence-electron chi connectivity index (χ0n) is 14.0. The fourth-order valence-electron chi connectivity index (χ4n) is 2.70. The number of thiocarbonyl (C=S) groups is 1. The summed E-state index contributed by atoms with van der Waals surface area (Å²) in [6.45, 7) is 0. The first kappa shape index (κ1) is 19.6. The van der Waals surface area contributed by atoms with Crippen LogP contribution in [0.15, 0.2) is 63.9 Å². The van der Waals surface area contributed by atoms with Crippen LogP contribution in [0.4, 0.5) is 5.69 Å². The molecule has 3 nitrogen and oxygen atoms in total. The Morgan fingerprint density at radius 1 is 1.00 bits per heavy atom. The molecule has 4 rings (SSSR count). The van der Waals surface area contributed by atoms with Crippen molar-refractivity contribution in [2.24, 2.45) is 0 Å². The van der Waals surface area contributed by atoms with E-state index in [0.29, 0.717) is 41.5 Å². The molecule has 2 heterocycles. The Morgan fingerprint density at radius 3 is 2.54 bits per heavy atom. The number of benzene rings is 2. The van der Waals surface area contributed by atoms with Gasteiger partial charge in [0.15, 0.2) is 4.32 Å². The van der Waals surface area contributed by atoms with Crippen molar-refractivity contribution in [1.82, 2.24) is 0 Å². The highest BCUT2D eigenvalue weighted by Crippen LogP contribution is 2.38. The SMILES string of the molecule is O=C1/C(=C\c2ccc(-c3ccc(Cl)cc3Cl)o2)SC(=S)N1c1cccc(Cl)c1. The number of amides is 1. The van der Waals surface area contributed by atoms with Gasteiger partial charge in [-0.1, -0.05) is 64.8 Å². The van der Waals surface area contributed by atoms with E-state index in [0.717, 1.165) is 5.56 Å². The quantitative estimate of drug-likeness (QED) is 0.299. The van der Waals surface area contributed by atoms with E-state index < -0.39 is 0 Å². The lowest BCUT2D eigenvalue weighted by Gasteiger charge is -2.14. The normalized spacial score (nSPS) is 15.7. The molecule has 8 heteroatoms. The van der Waals surface area contributed by atoms with Crippen molar-refractivity contribution in [3.05, 3.63) is 80.3 Å². The Balaban J connectivity index is 1.62. The molecular formula is C20H10Cl3NO2S2. The van der Waals surface area contributed by atoms with Crippen LogP contribution in [0.5, 0.6) is 0 Å². The Bertz CT molecular complexity index is 1140. The van der Waals surface area contributed by atoms with Crippen molar-refractivity contribution in [2.75, 3.05) is 4.90 Å². The van der Waals surface area contributed by atoms with Gasteiger partial charge in [-0.25, -0.2) is 0 Å². The molecule has 0 bridgehead atoms. The Hall–Kier alpha value is -1.76. The minimum absolute atomic E-state index is 0.222. The van der Waals surface area contributed by atoms with Crippen LogP contribution in [0, 0.1) is 0 Å². The number of anilines is 1. The van der Waals surface area contributed by atoms with Gasteiger partial charge >= 0.3 is 0 Å². The van der Waals surface area contributed by atoms with Crippen molar-refractivity contribution >= 4 is 80.8 Å². The van der Waals surface area contributed by atoms with E-state index >= 15 is 0 Å². The average Bonchev–Trinajstić information content (AvgIpc) is 3.20. The molecule has 0 aliphatic carbocycles. The highest BCUT2D eigenvalue weighted by molar-refractivity contribution is 8.27. The summed E-state index contributed by atoms with van der Waals surface area (Å²) in [6, 6.07) is 15.7. The zero-order chi connectivity index (χ0) is 19.8. The molecule has 0 atom stereocenters. The largest absolute Gasteiger partial charge is 0.457 e. The predicted molar refractivity (Wildman–Crippen MR) is 121 cm³/mol. The first-order chi connectivity index (χ1) is 13.4. The molecule has 140 valence electrons. The van der Waals surface area contributed by atoms with Gasteiger partial charge in [-0.15, -0.1) is 0 Å². The standard InChI is InChI=1S/C20H10Cl3NO2S2/c21-11-2-1-3-13(8-11)24-19(25)18(28-20(24)27)10-14-5-7-17(26-14)15-6-4-12(22)9-16(15)23/h1-10H/b18-10+. The fourth-order valence-corrected chi connectivity index (χ4v) is 4.66. The molecule has 0 unspecified atom stereocenters. The monoisotopic (exact) mass is 465 g/mol. The number of hydrogen-bond donors (Lipinski definition) is 0. The third-order valence-corrected chi connectivity index (χ3v) is 6.04. The van der Waals surface area contributed by atoms with Crippen LogP contribution in [0.1, 0.15) is 5.76 Å². The number of hydrogen-bond acceptors (Lipinski definition) is 4. The van der Waals surface area contributed by atoms with Gasteiger partial charge in [-0.3, -0.25) is 9.69 Å². The van der Waals surface area contributed by atoms with E-state index in [1.54, 1.807) is 60.7 Å². The molecule has 0 radical (unpaired) electrons. The average molecular weight is 467 g/mol. The molecule has 1 aliphatic heterocycles. The van der Waals surface area contributed by atoms with Gasteiger partial charge in [0.1, 0.15) is 11.5 Å². The summed E-state index contributed by atoms with van der Waals surface area (Å²) < 4.78 is 6.28. The molecule has 1 aromatic heterocycles. The third-order valence-electron chi connectivity index (χ3n) is 3.96. The van der Waals surface area contributed by atoms with Crippen molar-refractivity contribution < 1.29 is 9.21 Å². The van der Waals surface area contributed by atoms with E-state index in [4.69, 9.17) is 51.4 Å². The van der Waals surface area contributed by atoms with Gasteiger partial charge in [-0.05, 0) is 48.5 Å². The molecular weight excluding hydrogens is 457 g/mol. The molecule has 28 heavy (non-hydrogen) atoms. The zero-order valence-corrected chi connectivity index (χ0v) is 17.9. The second-order valence-electron chi connectivity index (χ2n) is 5.82. The van der Waals surface area contributed by atoms with Crippen molar-refractivity contribution in [2.45, 2.75) is 0 Å². The number of carbonyl (C=O) groups excluding carboxylic acids is 1. The molecule has 1 fully saturated rings. The van der Waals surface area contributed by atoms with E-state index in [1.807, 2.05) is 0 Å². The van der Waals surface area contributed by atoms with Gasteiger partial charge in [0.25, 0.3) is 5.91 Å². The van der Waals surface area contributed by atoms with Crippen molar-refractivity contribution in [1.29, 1.82) is 0 Å². The van der Waals surface area contributed by atoms with Crippen LogP contribution in [-0.4, -0.2) is 10.2 Å². The first-order valence-corrected chi connectivity index (χ1v) is 10.4. The molecule has 1 saturated heterocycles. The van der Waals surface area contributed by atoms with Crippen LogP contribution < -0.4 is 4.90 Å². The number of carbonyl (C=O) groups is 1. The first-order valence-electron chi connectivity index (χ1n) is 8.01. The number of thioether (sulfide) groups is 1. The molecule has 0 saturated carbocycles. The van der Waals surface area contributed by atoms with Gasteiger partial charge in [0.2, 0.25) is 0 Å². The van der Waals surface area contributed by atoms with E-state index in [2.05, 4.69) is 0 Å². The van der Waals surface area contributed by atoms with E-state index in [-0.39, 0.29) is 5.91 Å². The molecule has 1 amide bonds. The number of nitrogens with zero attached hydrogens (tertiary/aromatic N) is 1. The minimum atomic E-state index is -0.222. The maximum absolute atomic E-state index is 12.8. The summed E-state index contributed by atoms with van der Waals surface area (Å²) in [7, 11) is 0. The Kier molecular flexibility index (Phi) is 5.54. The molecule has 2 aromatic carbocycles. The van der Waals surface area contributed by atoms with Crippen molar-refractivity contribution in [3.8, 4) is 11.3 Å².